The lowest BCUT2D eigenvalue weighted by Gasteiger charge is -2.40. The Hall–Kier alpha value is -0.610. The van der Waals surface area contributed by atoms with Crippen molar-refractivity contribution in [2.75, 3.05) is 39.8 Å². The minimum atomic E-state index is 0.257. The molecule has 2 saturated heterocycles. The molecule has 0 unspecified atom stereocenters. The van der Waals surface area contributed by atoms with Gasteiger partial charge in [0.15, 0.2) is 0 Å². The van der Waals surface area contributed by atoms with Gasteiger partial charge < -0.3 is 15.1 Å². The van der Waals surface area contributed by atoms with Crippen LogP contribution in [0.5, 0.6) is 0 Å². The number of nitrogens with zero attached hydrogens (tertiary/aromatic N) is 2. The summed E-state index contributed by atoms with van der Waals surface area (Å²) >= 11 is 0. The lowest BCUT2D eigenvalue weighted by Crippen LogP contribution is -2.48. The van der Waals surface area contributed by atoms with E-state index in [2.05, 4.69) is 22.2 Å². The first-order valence-electron chi connectivity index (χ1n) is 8.41. The van der Waals surface area contributed by atoms with E-state index in [1.165, 1.54) is 25.9 Å². The van der Waals surface area contributed by atoms with E-state index in [4.69, 9.17) is 0 Å². The number of piperidine rings is 2. The van der Waals surface area contributed by atoms with Crippen molar-refractivity contribution in [2.24, 2.45) is 5.92 Å². The first-order chi connectivity index (χ1) is 9.70. The molecule has 0 saturated carbocycles. The highest BCUT2D eigenvalue weighted by Gasteiger charge is 2.29. The zero-order chi connectivity index (χ0) is 15.0. The quantitative estimate of drug-likeness (QED) is 0.860. The first-order valence-corrected chi connectivity index (χ1v) is 8.41. The molecule has 2 fully saturated rings. The van der Waals surface area contributed by atoms with E-state index in [1.807, 2.05) is 20.8 Å². The molecule has 0 aromatic carbocycles. The molecule has 20 heavy (non-hydrogen) atoms. The third-order valence-corrected chi connectivity index (χ3v) is 4.46. The van der Waals surface area contributed by atoms with Crippen LogP contribution in [0.3, 0.4) is 0 Å². The summed E-state index contributed by atoms with van der Waals surface area (Å²) in [5.74, 6) is 0.521. The molecule has 1 amide bonds. The Bertz CT molecular complexity index is 267. The lowest BCUT2D eigenvalue weighted by molar-refractivity contribution is -0.126. The van der Waals surface area contributed by atoms with Crippen molar-refractivity contribution in [3.05, 3.63) is 0 Å². The second kappa shape index (κ2) is 9.35. The largest absolute Gasteiger partial charge is 0.356 e. The smallest absolute Gasteiger partial charge is 0.223 e. The van der Waals surface area contributed by atoms with Gasteiger partial charge in [0.25, 0.3) is 0 Å². The molecule has 0 bridgehead atoms. The molecule has 1 N–H and O–H groups in total. The topological polar surface area (TPSA) is 35.6 Å². The highest BCUT2D eigenvalue weighted by molar-refractivity contribution is 5.78. The summed E-state index contributed by atoms with van der Waals surface area (Å²) in [5, 5.41) is 2.95. The van der Waals surface area contributed by atoms with Crippen LogP contribution >= 0.6 is 0 Å². The fourth-order valence-corrected chi connectivity index (χ4v) is 3.21. The molecular weight excluding hydrogens is 250 g/mol. The molecule has 2 rings (SSSR count). The van der Waals surface area contributed by atoms with Gasteiger partial charge >= 0.3 is 0 Å². The highest BCUT2D eigenvalue weighted by Crippen LogP contribution is 2.23. The van der Waals surface area contributed by atoms with Gasteiger partial charge in [0.05, 0.1) is 0 Å². The normalized spacial score (nSPS) is 23.0. The Labute approximate surface area is 124 Å². The average molecular weight is 283 g/mol. The Morgan fingerprint density at radius 2 is 1.60 bits per heavy atom. The lowest BCUT2D eigenvalue weighted by atomic mass is 9.93. The zero-order valence-corrected chi connectivity index (χ0v) is 13.8. The number of carbonyl (C=O) groups excluding carboxylic acids is 1. The van der Waals surface area contributed by atoms with E-state index in [9.17, 15) is 4.79 Å². The number of nitrogens with one attached hydrogen (secondary N) is 1. The van der Waals surface area contributed by atoms with Crippen LogP contribution in [-0.4, -0.2) is 61.5 Å². The average Bonchev–Trinajstić information content (AvgIpc) is 2.50. The minimum absolute atomic E-state index is 0.257. The SMILES string of the molecule is CC.CCNC(=O)C1CCN(C2CCN(C)CC2)CC1. The van der Waals surface area contributed by atoms with Crippen molar-refractivity contribution in [2.45, 2.75) is 52.5 Å². The minimum Gasteiger partial charge on any atom is -0.356 e. The number of hydrogen-bond donors (Lipinski definition) is 1. The molecule has 2 aliphatic rings. The van der Waals surface area contributed by atoms with Crippen LogP contribution in [0.25, 0.3) is 0 Å². The van der Waals surface area contributed by atoms with Crippen molar-refractivity contribution in [1.82, 2.24) is 15.1 Å². The summed E-state index contributed by atoms with van der Waals surface area (Å²) in [7, 11) is 2.21. The van der Waals surface area contributed by atoms with Crippen molar-refractivity contribution in [3.63, 3.8) is 0 Å². The Morgan fingerprint density at radius 1 is 1.05 bits per heavy atom. The van der Waals surface area contributed by atoms with Gasteiger partial charge in [0, 0.05) is 18.5 Å². The van der Waals surface area contributed by atoms with Crippen LogP contribution in [0.4, 0.5) is 0 Å². The van der Waals surface area contributed by atoms with Gasteiger partial charge in [0.1, 0.15) is 0 Å². The summed E-state index contributed by atoms with van der Waals surface area (Å²) in [4.78, 5) is 16.8. The van der Waals surface area contributed by atoms with Crippen molar-refractivity contribution in [1.29, 1.82) is 0 Å². The molecule has 0 aliphatic carbocycles. The number of likely N-dealkylation sites (tertiary alicyclic amines) is 2. The van der Waals surface area contributed by atoms with Gasteiger partial charge in [-0.3, -0.25) is 4.79 Å². The summed E-state index contributed by atoms with van der Waals surface area (Å²) in [5.41, 5.74) is 0. The number of hydrogen-bond acceptors (Lipinski definition) is 3. The molecule has 0 spiro atoms. The highest BCUT2D eigenvalue weighted by atomic mass is 16.1. The van der Waals surface area contributed by atoms with Crippen LogP contribution in [0.15, 0.2) is 0 Å². The van der Waals surface area contributed by atoms with Crippen LogP contribution in [0.1, 0.15) is 46.5 Å². The number of rotatable bonds is 3. The monoisotopic (exact) mass is 283 g/mol. The summed E-state index contributed by atoms with van der Waals surface area (Å²) in [6.07, 6.45) is 4.67. The van der Waals surface area contributed by atoms with Gasteiger partial charge in [-0.1, -0.05) is 13.8 Å². The van der Waals surface area contributed by atoms with Crippen LogP contribution in [-0.2, 0) is 4.79 Å². The fraction of sp³-hybridized carbons (Fsp3) is 0.938. The summed E-state index contributed by atoms with van der Waals surface area (Å²) in [6.45, 7) is 11.4. The van der Waals surface area contributed by atoms with E-state index < -0.39 is 0 Å². The predicted octanol–water partition coefficient (Wildman–Crippen LogP) is 1.95. The van der Waals surface area contributed by atoms with Crippen molar-refractivity contribution < 1.29 is 4.79 Å². The third-order valence-electron chi connectivity index (χ3n) is 4.46. The maximum Gasteiger partial charge on any atom is 0.223 e. The molecule has 118 valence electrons. The summed E-state index contributed by atoms with van der Waals surface area (Å²) in [6, 6.07) is 0.761. The Balaban J connectivity index is 0.000000956. The fourth-order valence-electron chi connectivity index (χ4n) is 3.21. The molecule has 4 heteroatoms. The van der Waals surface area contributed by atoms with E-state index in [1.54, 1.807) is 0 Å². The Morgan fingerprint density at radius 3 is 2.10 bits per heavy atom. The number of carbonyl (C=O) groups is 1. The maximum atomic E-state index is 11.8. The van der Waals surface area contributed by atoms with Crippen LogP contribution in [0.2, 0.25) is 0 Å². The van der Waals surface area contributed by atoms with Crippen molar-refractivity contribution >= 4 is 5.91 Å². The van der Waals surface area contributed by atoms with Crippen LogP contribution in [0, 0.1) is 5.92 Å². The maximum absolute atomic E-state index is 11.8. The molecule has 2 aliphatic heterocycles. The van der Waals surface area contributed by atoms with Crippen molar-refractivity contribution in [3.8, 4) is 0 Å². The molecule has 0 radical (unpaired) electrons. The first kappa shape index (κ1) is 17.4. The summed E-state index contributed by atoms with van der Waals surface area (Å²) < 4.78 is 0. The standard InChI is InChI=1S/C14H27N3O.C2H6/c1-3-15-14(18)12-4-10-17(11-5-12)13-6-8-16(2)9-7-13;1-2/h12-13H,3-11H2,1-2H3,(H,15,18);1-2H3. The molecule has 0 atom stereocenters. The van der Waals surface area contributed by atoms with Gasteiger partial charge in [-0.15, -0.1) is 0 Å². The predicted molar refractivity (Wildman–Crippen MR) is 84.8 cm³/mol. The third kappa shape index (κ3) is 5.06. The van der Waals surface area contributed by atoms with E-state index in [0.717, 1.165) is 38.5 Å². The molecular formula is C16H33N3O. The Kier molecular flexibility index (Phi) is 8.15. The second-order valence-electron chi connectivity index (χ2n) is 5.74. The van der Waals surface area contributed by atoms with E-state index in [-0.39, 0.29) is 11.8 Å². The van der Waals surface area contributed by atoms with Gasteiger partial charge in [0.2, 0.25) is 5.91 Å². The molecule has 0 aromatic rings. The zero-order valence-electron chi connectivity index (χ0n) is 13.8. The molecule has 2 heterocycles. The van der Waals surface area contributed by atoms with Gasteiger partial charge in [-0.25, -0.2) is 0 Å². The van der Waals surface area contributed by atoms with E-state index in [0.29, 0.717) is 0 Å². The van der Waals surface area contributed by atoms with Gasteiger partial charge in [-0.05, 0) is 65.8 Å². The van der Waals surface area contributed by atoms with Crippen LogP contribution < -0.4 is 5.32 Å². The van der Waals surface area contributed by atoms with E-state index >= 15 is 0 Å². The number of amides is 1. The second-order valence-corrected chi connectivity index (χ2v) is 5.74. The molecule has 4 nitrogen and oxygen atoms in total. The molecule has 0 aromatic heterocycles. The van der Waals surface area contributed by atoms with Gasteiger partial charge in [-0.2, -0.15) is 0 Å².